The number of hydrogen-bond donors (Lipinski definition) is 2. The van der Waals surface area contributed by atoms with Crippen LogP contribution in [0, 0.1) is 0 Å². The first-order valence-corrected chi connectivity index (χ1v) is 4.96. The van der Waals surface area contributed by atoms with Gasteiger partial charge in [0.15, 0.2) is 0 Å². The van der Waals surface area contributed by atoms with Crippen LogP contribution in [0.3, 0.4) is 0 Å². The lowest BCUT2D eigenvalue weighted by Crippen LogP contribution is -2.40. The number of carboxylic acid groups (broad SMARTS) is 1. The number of alkyl halides is 2. The molecule has 0 spiro atoms. The number of nitrogens with one attached hydrogen (secondary N) is 1. The summed E-state index contributed by atoms with van der Waals surface area (Å²) in [6, 6.07) is -1.05. The first-order valence-electron chi connectivity index (χ1n) is 4.96. The van der Waals surface area contributed by atoms with Gasteiger partial charge in [-0.25, -0.2) is 13.6 Å². The van der Waals surface area contributed by atoms with Crippen LogP contribution in [0.15, 0.2) is 12.7 Å². The summed E-state index contributed by atoms with van der Waals surface area (Å²) in [4.78, 5) is 21.9. The number of carbonyl (C=O) groups is 2. The fraction of sp³-hybridized carbons (Fsp3) is 0.600. The highest BCUT2D eigenvalue weighted by atomic mass is 19.3. The minimum atomic E-state index is -2.58. The Hall–Kier alpha value is -1.50. The second kappa shape index (κ2) is 8.63. The van der Waals surface area contributed by atoms with E-state index >= 15 is 0 Å². The van der Waals surface area contributed by atoms with E-state index in [1.54, 1.807) is 0 Å². The van der Waals surface area contributed by atoms with Crippen molar-refractivity contribution in [3.05, 3.63) is 12.7 Å². The van der Waals surface area contributed by atoms with Gasteiger partial charge in [-0.3, -0.25) is 4.79 Å². The first kappa shape index (κ1) is 15.5. The van der Waals surface area contributed by atoms with Gasteiger partial charge < -0.3 is 15.2 Å². The van der Waals surface area contributed by atoms with Crippen LogP contribution in [0.4, 0.5) is 8.78 Å². The maximum atomic E-state index is 11.7. The van der Waals surface area contributed by atoms with Crippen LogP contribution < -0.4 is 5.32 Å². The number of aliphatic carboxylic acids is 1. The van der Waals surface area contributed by atoms with Crippen molar-refractivity contribution in [3.8, 4) is 0 Å². The van der Waals surface area contributed by atoms with E-state index in [4.69, 9.17) is 5.11 Å². The molecule has 0 aromatic heterocycles. The fourth-order valence-electron chi connectivity index (χ4n) is 0.992. The molecule has 5 nitrogen and oxygen atoms in total. The van der Waals surface area contributed by atoms with Gasteiger partial charge in [0.2, 0.25) is 5.91 Å². The van der Waals surface area contributed by atoms with Gasteiger partial charge in [-0.2, -0.15) is 0 Å². The predicted octanol–water partition coefficient (Wildman–Crippen LogP) is 0.804. The number of ether oxygens (including phenoxy) is 1. The third kappa shape index (κ3) is 8.32. The number of rotatable bonds is 9. The SMILES string of the molecule is C=CCC(NC(=O)CCOCC(F)F)C(=O)O. The van der Waals surface area contributed by atoms with E-state index in [1.807, 2.05) is 0 Å². The summed E-state index contributed by atoms with van der Waals surface area (Å²) in [5.41, 5.74) is 0. The van der Waals surface area contributed by atoms with E-state index in [0.717, 1.165) is 0 Å². The number of carbonyl (C=O) groups excluding carboxylic acids is 1. The molecule has 17 heavy (non-hydrogen) atoms. The van der Waals surface area contributed by atoms with Crippen molar-refractivity contribution in [2.24, 2.45) is 0 Å². The second-order valence-corrected chi connectivity index (χ2v) is 3.20. The summed E-state index contributed by atoms with van der Waals surface area (Å²) in [6.07, 6.45) is -1.27. The smallest absolute Gasteiger partial charge is 0.326 e. The van der Waals surface area contributed by atoms with E-state index in [0.29, 0.717) is 0 Å². The van der Waals surface area contributed by atoms with Crippen molar-refractivity contribution >= 4 is 11.9 Å². The predicted molar refractivity (Wildman–Crippen MR) is 55.8 cm³/mol. The van der Waals surface area contributed by atoms with Crippen molar-refractivity contribution in [3.63, 3.8) is 0 Å². The van der Waals surface area contributed by atoms with Crippen molar-refractivity contribution in [1.82, 2.24) is 5.32 Å². The largest absolute Gasteiger partial charge is 0.480 e. The highest BCUT2D eigenvalue weighted by molar-refractivity contribution is 5.83. The Morgan fingerprint density at radius 1 is 1.47 bits per heavy atom. The summed E-state index contributed by atoms with van der Waals surface area (Å²) >= 11 is 0. The van der Waals surface area contributed by atoms with Crippen LogP contribution in [0.25, 0.3) is 0 Å². The topological polar surface area (TPSA) is 75.6 Å². The van der Waals surface area contributed by atoms with Crippen LogP contribution in [0.2, 0.25) is 0 Å². The maximum Gasteiger partial charge on any atom is 0.326 e. The van der Waals surface area contributed by atoms with Gasteiger partial charge in [0, 0.05) is 6.42 Å². The Kier molecular flexibility index (Phi) is 7.87. The molecule has 1 unspecified atom stereocenters. The van der Waals surface area contributed by atoms with Crippen molar-refractivity contribution in [2.75, 3.05) is 13.2 Å². The molecule has 7 heteroatoms. The van der Waals surface area contributed by atoms with Crippen molar-refractivity contribution in [1.29, 1.82) is 0 Å². The zero-order valence-corrected chi connectivity index (χ0v) is 9.20. The molecular weight excluding hydrogens is 236 g/mol. The molecule has 0 saturated carbocycles. The Morgan fingerprint density at radius 3 is 2.59 bits per heavy atom. The molecule has 0 aliphatic heterocycles. The van der Waals surface area contributed by atoms with Gasteiger partial charge in [-0.1, -0.05) is 6.08 Å². The van der Waals surface area contributed by atoms with E-state index < -0.39 is 31.0 Å². The van der Waals surface area contributed by atoms with E-state index in [2.05, 4.69) is 16.6 Å². The molecule has 1 atom stereocenters. The average Bonchev–Trinajstić information content (AvgIpc) is 2.23. The van der Waals surface area contributed by atoms with Crippen molar-refractivity contribution < 1.29 is 28.2 Å². The van der Waals surface area contributed by atoms with Crippen LogP contribution in [-0.4, -0.2) is 42.7 Å². The minimum Gasteiger partial charge on any atom is -0.480 e. The molecule has 98 valence electrons. The molecule has 1 amide bonds. The van der Waals surface area contributed by atoms with E-state index in [-0.39, 0.29) is 19.4 Å². The maximum absolute atomic E-state index is 11.7. The average molecular weight is 251 g/mol. The zero-order valence-electron chi connectivity index (χ0n) is 9.20. The second-order valence-electron chi connectivity index (χ2n) is 3.20. The first-order chi connectivity index (χ1) is 7.97. The van der Waals surface area contributed by atoms with Gasteiger partial charge in [-0.15, -0.1) is 6.58 Å². The van der Waals surface area contributed by atoms with Gasteiger partial charge in [0.25, 0.3) is 6.43 Å². The molecule has 0 aromatic rings. The Labute approximate surface area is 97.4 Å². The third-order valence-corrected chi connectivity index (χ3v) is 1.75. The molecule has 0 heterocycles. The molecule has 0 rings (SSSR count). The van der Waals surface area contributed by atoms with Gasteiger partial charge in [0.1, 0.15) is 12.6 Å². The van der Waals surface area contributed by atoms with E-state index in [1.165, 1.54) is 6.08 Å². The Bertz CT molecular complexity index is 271. The number of halogens is 2. The van der Waals surface area contributed by atoms with Crippen LogP contribution in [-0.2, 0) is 14.3 Å². The molecule has 0 aliphatic carbocycles. The molecule has 0 bridgehead atoms. The van der Waals surface area contributed by atoms with E-state index in [9.17, 15) is 18.4 Å². The highest BCUT2D eigenvalue weighted by Gasteiger charge is 2.17. The van der Waals surface area contributed by atoms with Crippen LogP contribution >= 0.6 is 0 Å². The number of carboxylic acids is 1. The van der Waals surface area contributed by atoms with Gasteiger partial charge >= 0.3 is 5.97 Å². The summed E-state index contributed by atoms with van der Waals surface area (Å²) in [7, 11) is 0. The molecule has 0 saturated heterocycles. The highest BCUT2D eigenvalue weighted by Crippen LogP contribution is 1.96. The lowest BCUT2D eigenvalue weighted by atomic mass is 10.2. The lowest BCUT2D eigenvalue weighted by molar-refractivity contribution is -0.141. The Morgan fingerprint density at radius 2 is 2.12 bits per heavy atom. The normalized spacial score (nSPS) is 12.2. The van der Waals surface area contributed by atoms with Crippen LogP contribution in [0.5, 0.6) is 0 Å². The standard InChI is InChI=1S/C10H15F2NO4/c1-2-3-7(10(15)16)13-9(14)4-5-17-6-8(11)12/h2,7-8H,1,3-6H2,(H,13,14)(H,15,16). The molecule has 0 aliphatic rings. The third-order valence-electron chi connectivity index (χ3n) is 1.75. The summed E-state index contributed by atoms with van der Waals surface area (Å²) in [6.45, 7) is 2.46. The van der Waals surface area contributed by atoms with Crippen LogP contribution in [0.1, 0.15) is 12.8 Å². The zero-order chi connectivity index (χ0) is 13.3. The summed E-state index contributed by atoms with van der Waals surface area (Å²) in [5.74, 6) is -1.74. The number of amides is 1. The molecule has 0 fully saturated rings. The monoisotopic (exact) mass is 251 g/mol. The quantitative estimate of drug-likeness (QED) is 0.469. The fourth-order valence-corrected chi connectivity index (χ4v) is 0.992. The minimum absolute atomic E-state index is 0.0962. The Balaban J connectivity index is 3.82. The molecule has 0 aromatic carbocycles. The molecule has 2 N–H and O–H groups in total. The van der Waals surface area contributed by atoms with Crippen molar-refractivity contribution in [2.45, 2.75) is 25.3 Å². The van der Waals surface area contributed by atoms with Gasteiger partial charge in [-0.05, 0) is 6.42 Å². The molecule has 0 radical (unpaired) electrons. The molecular formula is C10H15F2NO4. The lowest BCUT2D eigenvalue weighted by Gasteiger charge is -2.12. The summed E-state index contributed by atoms with van der Waals surface area (Å²) < 4.78 is 27.8. The summed E-state index contributed by atoms with van der Waals surface area (Å²) in [5, 5.41) is 10.9. The number of hydrogen-bond acceptors (Lipinski definition) is 3. The van der Waals surface area contributed by atoms with Gasteiger partial charge in [0.05, 0.1) is 6.61 Å².